The van der Waals surface area contributed by atoms with Gasteiger partial charge in [0.1, 0.15) is 5.01 Å². The first-order chi connectivity index (χ1) is 6.81. The molecule has 0 aliphatic carbocycles. The van der Waals surface area contributed by atoms with E-state index in [1.165, 1.54) is 15.6 Å². The molecule has 80 valence electrons. The van der Waals surface area contributed by atoms with Crippen molar-refractivity contribution in [1.82, 2.24) is 4.98 Å². The van der Waals surface area contributed by atoms with Crippen molar-refractivity contribution in [3.8, 4) is 0 Å². The van der Waals surface area contributed by atoms with Gasteiger partial charge in [-0.1, -0.05) is 20.3 Å². The fourth-order valence-electron chi connectivity index (χ4n) is 1.28. The third-order valence-corrected chi connectivity index (χ3v) is 4.11. The highest BCUT2D eigenvalue weighted by Crippen LogP contribution is 2.23. The van der Waals surface area contributed by atoms with E-state index in [9.17, 15) is 0 Å². The molecule has 0 amide bonds. The molecule has 14 heavy (non-hydrogen) atoms. The summed E-state index contributed by atoms with van der Waals surface area (Å²) in [7, 11) is 0. The van der Waals surface area contributed by atoms with Gasteiger partial charge in [0.2, 0.25) is 0 Å². The summed E-state index contributed by atoms with van der Waals surface area (Å²) in [4.78, 5) is 5.90. The average Bonchev–Trinajstić information content (AvgIpc) is 2.58. The minimum atomic E-state index is 0.643. The van der Waals surface area contributed by atoms with Crippen LogP contribution < -0.4 is 5.73 Å². The lowest BCUT2D eigenvalue weighted by Gasteiger charge is -1.94. The number of nitrogens with two attached hydrogens (primary N) is 1. The van der Waals surface area contributed by atoms with Gasteiger partial charge in [0.25, 0.3) is 0 Å². The molecule has 0 saturated heterocycles. The summed E-state index contributed by atoms with van der Waals surface area (Å²) in [6.45, 7) is 5.00. The number of aryl methyl sites for hydroxylation is 1. The van der Waals surface area contributed by atoms with E-state index in [1.54, 1.807) is 11.3 Å². The van der Waals surface area contributed by atoms with E-state index in [1.807, 2.05) is 11.8 Å². The minimum Gasteiger partial charge on any atom is -0.326 e. The van der Waals surface area contributed by atoms with Gasteiger partial charge in [-0.05, 0) is 12.2 Å². The molecule has 1 aromatic rings. The lowest BCUT2D eigenvalue weighted by molar-refractivity contribution is 0.866. The maximum Gasteiger partial charge on any atom is 0.103 e. The van der Waals surface area contributed by atoms with Crippen molar-refractivity contribution < 1.29 is 0 Å². The van der Waals surface area contributed by atoms with Crippen molar-refractivity contribution in [3.63, 3.8) is 0 Å². The molecular weight excluding hydrogens is 212 g/mol. The molecule has 0 unspecified atom stereocenters. The fourth-order valence-corrected chi connectivity index (χ4v) is 3.00. The van der Waals surface area contributed by atoms with Crippen LogP contribution in [0.1, 0.15) is 35.8 Å². The first-order valence-corrected chi connectivity index (χ1v) is 7.04. The Hall–Kier alpha value is -0.0600. The summed E-state index contributed by atoms with van der Waals surface area (Å²) in [5, 5.41) is 1.24. The number of thiazole rings is 1. The second-order valence-electron chi connectivity index (χ2n) is 3.07. The second kappa shape index (κ2) is 6.43. The molecule has 0 fully saturated rings. The van der Waals surface area contributed by atoms with Gasteiger partial charge in [0, 0.05) is 17.2 Å². The van der Waals surface area contributed by atoms with Gasteiger partial charge in [-0.2, -0.15) is 11.8 Å². The molecule has 0 aliphatic heterocycles. The van der Waals surface area contributed by atoms with Gasteiger partial charge in [-0.15, -0.1) is 11.3 Å². The molecule has 0 bridgehead atoms. The Kier molecular flexibility index (Phi) is 5.52. The van der Waals surface area contributed by atoms with Crippen LogP contribution >= 0.6 is 23.1 Å². The van der Waals surface area contributed by atoms with Crippen LogP contribution in [-0.2, 0) is 18.7 Å². The van der Waals surface area contributed by atoms with Crippen molar-refractivity contribution in [3.05, 3.63) is 15.6 Å². The third-order valence-electron chi connectivity index (χ3n) is 1.92. The van der Waals surface area contributed by atoms with Gasteiger partial charge in [-0.3, -0.25) is 0 Å². The molecule has 1 rings (SSSR count). The van der Waals surface area contributed by atoms with Gasteiger partial charge < -0.3 is 5.73 Å². The number of nitrogens with zero attached hydrogens (tertiary/aromatic N) is 1. The topological polar surface area (TPSA) is 38.9 Å². The number of hydrogen-bond acceptors (Lipinski definition) is 4. The van der Waals surface area contributed by atoms with E-state index in [4.69, 9.17) is 5.73 Å². The smallest absolute Gasteiger partial charge is 0.103 e. The second-order valence-corrected chi connectivity index (χ2v) is 5.51. The van der Waals surface area contributed by atoms with Crippen molar-refractivity contribution in [2.75, 3.05) is 5.75 Å². The molecular formula is C10H18N2S2. The SMILES string of the molecule is CCCc1nc(CSCC)sc1CN. The summed E-state index contributed by atoms with van der Waals surface area (Å²) in [5.41, 5.74) is 6.91. The molecule has 0 atom stereocenters. The minimum absolute atomic E-state index is 0.643. The number of hydrogen-bond donors (Lipinski definition) is 1. The monoisotopic (exact) mass is 230 g/mol. The zero-order valence-electron chi connectivity index (χ0n) is 8.88. The lowest BCUT2D eigenvalue weighted by Crippen LogP contribution is -1.97. The van der Waals surface area contributed by atoms with E-state index < -0.39 is 0 Å². The van der Waals surface area contributed by atoms with Crippen LogP contribution in [0.2, 0.25) is 0 Å². The van der Waals surface area contributed by atoms with Gasteiger partial charge >= 0.3 is 0 Å². The molecule has 0 aliphatic rings. The van der Waals surface area contributed by atoms with Gasteiger partial charge in [-0.25, -0.2) is 4.98 Å². The maximum absolute atomic E-state index is 5.69. The highest BCUT2D eigenvalue weighted by Gasteiger charge is 2.08. The highest BCUT2D eigenvalue weighted by atomic mass is 32.2. The van der Waals surface area contributed by atoms with Crippen LogP contribution in [-0.4, -0.2) is 10.7 Å². The standard InChI is InChI=1S/C10H18N2S2/c1-3-5-8-9(6-11)14-10(12-8)7-13-4-2/h3-7,11H2,1-2H3. The van der Waals surface area contributed by atoms with E-state index in [0.29, 0.717) is 6.54 Å². The number of thioether (sulfide) groups is 1. The quantitative estimate of drug-likeness (QED) is 0.817. The Morgan fingerprint density at radius 2 is 2.21 bits per heavy atom. The largest absolute Gasteiger partial charge is 0.326 e. The van der Waals surface area contributed by atoms with Crippen molar-refractivity contribution >= 4 is 23.1 Å². The zero-order chi connectivity index (χ0) is 10.4. The average molecular weight is 230 g/mol. The maximum atomic E-state index is 5.69. The molecule has 2 N–H and O–H groups in total. The Morgan fingerprint density at radius 3 is 2.79 bits per heavy atom. The summed E-state index contributed by atoms with van der Waals surface area (Å²) < 4.78 is 0. The summed E-state index contributed by atoms with van der Waals surface area (Å²) in [6.07, 6.45) is 2.22. The van der Waals surface area contributed by atoms with Crippen LogP contribution in [0.4, 0.5) is 0 Å². The first kappa shape index (κ1) is 12.0. The number of rotatable bonds is 6. The predicted molar refractivity (Wildman–Crippen MR) is 65.8 cm³/mol. The van der Waals surface area contributed by atoms with Crippen molar-refractivity contribution in [1.29, 1.82) is 0 Å². The summed E-state index contributed by atoms with van der Waals surface area (Å²) in [5.74, 6) is 2.19. The van der Waals surface area contributed by atoms with Crippen molar-refractivity contribution in [2.45, 2.75) is 39.0 Å². The van der Waals surface area contributed by atoms with E-state index in [2.05, 4.69) is 18.8 Å². The van der Waals surface area contributed by atoms with Gasteiger partial charge in [0.05, 0.1) is 5.69 Å². The van der Waals surface area contributed by atoms with Crippen LogP contribution in [0.3, 0.4) is 0 Å². The molecule has 0 aromatic carbocycles. The molecule has 2 nitrogen and oxygen atoms in total. The fraction of sp³-hybridized carbons (Fsp3) is 0.700. The van der Waals surface area contributed by atoms with E-state index in [-0.39, 0.29) is 0 Å². The molecule has 0 saturated carbocycles. The van der Waals surface area contributed by atoms with Crippen LogP contribution in [0.15, 0.2) is 0 Å². The van der Waals surface area contributed by atoms with E-state index in [0.717, 1.165) is 24.3 Å². The Labute approximate surface area is 94.3 Å². The Morgan fingerprint density at radius 1 is 1.43 bits per heavy atom. The molecule has 0 radical (unpaired) electrons. The summed E-state index contributed by atoms with van der Waals surface area (Å²) >= 11 is 3.70. The molecule has 4 heteroatoms. The van der Waals surface area contributed by atoms with Crippen LogP contribution in [0.5, 0.6) is 0 Å². The predicted octanol–water partition coefficient (Wildman–Crippen LogP) is 2.81. The van der Waals surface area contributed by atoms with Crippen LogP contribution in [0.25, 0.3) is 0 Å². The number of aromatic nitrogens is 1. The van der Waals surface area contributed by atoms with Gasteiger partial charge in [0.15, 0.2) is 0 Å². The van der Waals surface area contributed by atoms with Crippen molar-refractivity contribution in [2.24, 2.45) is 5.73 Å². The lowest BCUT2D eigenvalue weighted by atomic mass is 10.2. The molecule has 0 spiro atoms. The molecule has 1 aromatic heterocycles. The first-order valence-electron chi connectivity index (χ1n) is 5.07. The summed E-state index contributed by atoms with van der Waals surface area (Å²) in [6, 6.07) is 0. The van der Waals surface area contributed by atoms with Crippen LogP contribution in [0, 0.1) is 0 Å². The Bertz CT molecular complexity index is 271. The zero-order valence-corrected chi connectivity index (χ0v) is 10.5. The third kappa shape index (κ3) is 3.26. The Balaban J connectivity index is 2.67. The normalized spacial score (nSPS) is 10.8. The molecule has 1 heterocycles. The van der Waals surface area contributed by atoms with E-state index >= 15 is 0 Å². The highest BCUT2D eigenvalue weighted by molar-refractivity contribution is 7.98.